The van der Waals surface area contributed by atoms with Gasteiger partial charge >= 0.3 is 0 Å². The second-order valence-electron chi connectivity index (χ2n) is 7.78. The van der Waals surface area contributed by atoms with Gasteiger partial charge in [-0.05, 0) is 48.9 Å². The lowest BCUT2D eigenvalue weighted by molar-refractivity contribution is -0.129. The van der Waals surface area contributed by atoms with Gasteiger partial charge in [-0.15, -0.1) is 0 Å². The summed E-state index contributed by atoms with van der Waals surface area (Å²) in [5, 5.41) is 1.61. The van der Waals surface area contributed by atoms with Gasteiger partial charge in [0.1, 0.15) is 0 Å². The fourth-order valence-electron chi connectivity index (χ4n) is 4.16. The average Bonchev–Trinajstić information content (AvgIpc) is 2.78. The molecule has 0 radical (unpaired) electrons. The number of likely N-dealkylation sites (tertiary alicyclic amines) is 1. The van der Waals surface area contributed by atoms with Crippen molar-refractivity contribution in [3.8, 4) is 17.5 Å². The Morgan fingerprint density at radius 2 is 1.80 bits per heavy atom. The van der Waals surface area contributed by atoms with Gasteiger partial charge in [0.15, 0.2) is 0 Å². The van der Waals surface area contributed by atoms with Crippen molar-refractivity contribution in [1.82, 2.24) is 9.47 Å². The molecule has 4 rings (SSSR count). The predicted octanol–water partition coefficient (Wildman–Crippen LogP) is 4.16. The van der Waals surface area contributed by atoms with Gasteiger partial charge in [0.2, 0.25) is 5.91 Å². The van der Waals surface area contributed by atoms with Gasteiger partial charge in [-0.3, -0.25) is 14.2 Å². The van der Waals surface area contributed by atoms with E-state index in [1.165, 1.54) is 0 Å². The molecule has 2 aromatic carbocycles. The summed E-state index contributed by atoms with van der Waals surface area (Å²) in [4.78, 5) is 26.9. The molecule has 0 bridgehead atoms. The van der Waals surface area contributed by atoms with Crippen LogP contribution in [0, 0.1) is 17.8 Å². The Hall–Kier alpha value is -3.32. The minimum absolute atomic E-state index is 0.0214. The van der Waals surface area contributed by atoms with Crippen molar-refractivity contribution in [3.05, 3.63) is 76.2 Å². The highest BCUT2D eigenvalue weighted by molar-refractivity contribution is 5.88. The van der Waals surface area contributed by atoms with Crippen LogP contribution >= 0.6 is 0 Å². The monoisotopic (exact) mass is 398 g/mol. The summed E-state index contributed by atoms with van der Waals surface area (Å²) in [7, 11) is 0. The third-order valence-electron chi connectivity index (χ3n) is 5.85. The molecule has 4 nitrogen and oxygen atoms in total. The maximum absolute atomic E-state index is 13.5. The predicted molar refractivity (Wildman–Crippen MR) is 121 cm³/mol. The maximum Gasteiger partial charge on any atom is 0.264 e. The van der Waals surface area contributed by atoms with Crippen LogP contribution in [0.15, 0.2) is 59.4 Å². The Balaban J connectivity index is 1.76. The zero-order valence-electron chi connectivity index (χ0n) is 17.5. The van der Waals surface area contributed by atoms with E-state index in [2.05, 4.69) is 24.8 Å². The molecule has 1 aliphatic heterocycles. The van der Waals surface area contributed by atoms with Crippen LogP contribution in [0.5, 0.6) is 0 Å². The highest BCUT2D eigenvalue weighted by Crippen LogP contribution is 2.21. The minimum Gasteiger partial charge on any atom is -0.343 e. The zero-order chi connectivity index (χ0) is 21.1. The molecule has 3 aromatic rings. The third-order valence-corrected chi connectivity index (χ3v) is 5.85. The molecule has 152 valence electrons. The Morgan fingerprint density at radius 1 is 1.07 bits per heavy atom. The number of aryl methyl sites for hydroxylation is 1. The molecule has 0 atom stereocenters. The second-order valence-corrected chi connectivity index (χ2v) is 7.78. The van der Waals surface area contributed by atoms with Gasteiger partial charge in [-0.2, -0.15) is 0 Å². The molecule has 0 aliphatic carbocycles. The third kappa shape index (κ3) is 3.89. The summed E-state index contributed by atoms with van der Waals surface area (Å²) in [6.07, 6.45) is 2.53. The van der Waals surface area contributed by atoms with Crippen LogP contribution in [0.3, 0.4) is 0 Å². The molecular weight excluding hydrogens is 372 g/mol. The number of carbonyl (C=O) groups excluding carboxylic acids is 1. The standard InChI is InChI=1S/C26H26N2O2/c1-3-23-18-22-9-7-8-21(13-12-20-14-16-27(17-15-20)19(2)29)25(22)26(30)28(23)24-10-5-4-6-11-24/h4-11,18,20H,3,14-17H2,1-2H3. The topological polar surface area (TPSA) is 42.3 Å². The van der Waals surface area contributed by atoms with Gasteiger partial charge in [0.25, 0.3) is 5.56 Å². The van der Waals surface area contributed by atoms with Crippen LogP contribution in [0.25, 0.3) is 16.5 Å². The van der Waals surface area contributed by atoms with Crippen LogP contribution < -0.4 is 5.56 Å². The highest BCUT2D eigenvalue weighted by atomic mass is 16.2. The molecule has 4 heteroatoms. The number of fused-ring (bicyclic) bond motifs is 1. The number of benzene rings is 2. The van der Waals surface area contributed by atoms with E-state index in [1.807, 2.05) is 53.4 Å². The summed E-state index contributed by atoms with van der Waals surface area (Å²) < 4.78 is 1.80. The van der Waals surface area contributed by atoms with Crippen molar-refractivity contribution in [1.29, 1.82) is 0 Å². The van der Waals surface area contributed by atoms with E-state index >= 15 is 0 Å². The number of nitrogens with zero attached hydrogens (tertiary/aromatic N) is 2. The molecule has 0 unspecified atom stereocenters. The quantitative estimate of drug-likeness (QED) is 0.608. The first-order valence-corrected chi connectivity index (χ1v) is 10.6. The van der Waals surface area contributed by atoms with Gasteiger partial charge in [-0.1, -0.05) is 49.1 Å². The van der Waals surface area contributed by atoms with Crippen molar-refractivity contribution in [2.75, 3.05) is 13.1 Å². The van der Waals surface area contributed by atoms with Crippen LogP contribution in [0.2, 0.25) is 0 Å². The van der Waals surface area contributed by atoms with Crippen molar-refractivity contribution in [3.63, 3.8) is 0 Å². The molecule has 1 aromatic heterocycles. The van der Waals surface area contributed by atoms with E-state index in [1.54, 1.807) is 11.5 Å². The molecule has 0 spiro atoms. The molecule has 0 N–H and O–H groups in total. The number of hydrogen-bond donors (Lipinski definition) is 0. The Kier molecular flexibility index (Phi) is 5.72. The molecule has 1 amide bonds. The first-order valence-electron chi connectivity index (χ1n) is 10.6. The van der Waals surface area contributed by atoms with E-state index in [-0.39, 0.29) is 17.4 Å². The van der Waals surface area contributed by atoms with E-state index in [0.717, 1.165) is 54.7 Å². The van der Waals surface area contributed by atoms with Gasteiger partial charge in [0, 0.05) is 42.9 Å². The second kappa shape index (κ2) is 8.59. The fourth-order valence-corrected chi connectivity index (χ4v) is 4.16. The average molecular weight is 399 g/mol. The lowest BCUT2D eigenvalue weighted by Gasteiger charge is -2.28. The number of piperidine rings is 1. The summed E-state index contributed by atoms with van der Waals surface area (Å²) in [6, 6.07) is 17.8. The van der Waals surface area contributed by atoms with E-state index in [9.17, 15) is 9.59 Å². The molecular formula is C26H26N2O2. The molecule has 1 saturated heterocycles. The van der Waals surface area contributed by atoms with Crippen LogP contribution in [-0.2, 0) is 11.2 Å². The van der Waals surface area contributed by atoms with Crippen molar-refractivity contribution >= 4 is 16.7 Å². The number of hydrogen-bond acceptors (Lipinski definition) is 2. The first kappa shape index (κ1) is 20.0. The van der Waals surface area contributed by atoms with Crippen molar-refractivity contribution in [2.45, 2.75) is 33.1 Å². The number of para-hydroxylation sites is 1. The summed E-state index contributed by atoms with van der Waals surface area (Å²) in [6.45, 7) is 5.19. The Bertz CT molecular complexity index is 1190. The maximum atomic E-state index is 13.5. The molecule has 1 fully saturated rings. The first-order chi connectivity index (χ1) is 14.6. The van der Waals surface area contributed by atoms with Crippen LogP contribution in [-0.4, -0.2) is 28.5 Å². The summed E-state index contributed by atoms with van der Waals surface area (Å²) >= 11 is 0. The summed E-state index contributed by atoms with van der Waals surface area (Å²) in [5.74, 6) is 7.04. The molecule has 0 saturated carbocycles. The van der Waals surface area contributed by atoms with Crippen molar-refractivity contribution in [2.24, 2.45) is 5.92 Å². The number of carbonyl (C=O) groups is 1. The van der Waals surface area contributed by atoms with Gasteiger partial charge in [-0.25, -0.2) is 0 Å². The number of aromatic nitrogens is 1. The van der Waals surface area contributed by atoms with Crippen LogP contribution in [0.4, 0.5) is 0 Å². The zero-order valence-corrected chi connectivity index (χ0v) is 17.5. The van der Waals surface area contributed by atoms with E-state index in [4.69, 9.17) is 0 Å². The largest absolute Gasteiger partial charge is 0.343 e. The SMILES string of the molecule is CCc1cc2cccc(C#CC3CCN(C(C)=O)CC3)c2c(=O)n1-c1ccccc1. The van der Waals surface area contributed by atoms with Crippen LogP contribution in [0.1, 0.15) is 37.9 Å². The number of rotatable bonds is 2. The number of pyridine rings is 1. The van der Waals surface area contributed by atoms with Gasteiger partial charge in [0.05, 0.1) is 5.39 Å². The number of amides is 1. The van der Waals surface area contributed by atoms with E-state index < -0.39 is 0 Å². The smallest absolute Gasteiger partial charge is 0.264 e. The lowest BCUT2D eigenvalue weighted by Crippen LogP contribution is -2.36. The molecule has 30 heavy (non-hydrogen) atoms. The Morgan fingerprint density at radius 3 is 2.47 bits per heavy atom. The fraction of sp³-hybridized carbons (Fsp3) is 0.308. The summed E-state index contributed by atoms with van der Waals surface area (Å²) in [5.41, 5.74) is 2.62. The molecule has 2 heterocycles. The van der Waals surface area contributed by atoms with Gasteiger partial charge < -0.3 is 4.90 Å². The van der Waals surface area contributed by atoms with Crippen molar-refractivity contribution < 1.29 is 4.79 Å². The highest BCUT2D eigenvalue weighted by Gasteiger charge is 2.19. The lowest BCUT2D eigenvalue weighted by atomic mass is 9.96. The van der Waals surface area contributed by atoms with E-state index in [0.29, 0.717) is 5.39 Å². The minimum atomic E-state index is -0.0214. The molecule has 1 aliphatic rings. The Labute approximate surface area is 177 Å². The normalized spacial score (nSPS) is 14.4.